The van der Waals surface area contributed by atoms with Crippen LogP contribution in [0.2, 0.25) is 0 Å². The molecule has 0 aliphatic heterocycles. The van der Waals surface area contributed by atoms with Crippen LogP contribution in [0, 0.1) is 18.3 Å². The van der Waals surface area contributed by atoms with E-state index >= 15 is 0 Å². The first kappa shape index (κ1) is 14.1. The molecule has 0 saturated heterocycles. The van der Waals surface area contributed by atoms with E-state index in [1.165, 1.54) is 11.0 Å². The third-order valence-electron chi connectivity index (χ3n) is 3.02. The molecule has 0 aliphatic carbocycles. The Balaban J connectivity index is 3.06. The fraction of sp³-hybridized carbons (Fsp3) is 0.462. The highest BCUT2D eigenvalue weighted by atomic mass is 16.3. The summed E-state index contributed by atoms with van der Waals surface area (Å²) in [4.78, 5) is 17.7. The lowest BCUT2D eigenvalue weighted by atomic mass is 10.0. The molecule has 0 atom stereocenters. The van der Waals surface area contributed by atoms with E-state index in [-0.39, 0.29) is 18.2 Å². The van der Waals surface area contributed by atoms with Crippen molar-refractivity contribution in [3.63, 3.8) is 0 Å². The van der Waals surface area contributed by atoms with Crippen LogP contribution >= 0.6 is 0 Å². The molecule has 0 aromatic carbocycles. The predicted octanol–water partition coefficient (Wildman–Crippen LogP) is 1.10. The molecule has 18 heavy (non-hydrogen) atoms. The standard InChI is InChI=1S/C13H17N3O2/c1-9-10(7-14)5-6-11(15-9)12(18)16(4)13(2,3)8-17/h5-6,17H,8H2,1-4H3. The monoisotopic (exact) mass is 247 g/mol. The summed E-state index contributed by atoms with van der Waals surface area (Å²) in [5, 5.41) is 18.0. The van der Waals surface area contributed by atoms with Crippen molar-refractivity contribution >= 4 is 5.91 Å². The van der Waals surface area contributed by atoms with Gasteiger partial charge in [-0.1, -0.05) is 0 Å². The molecule has 1 amide bonds. The number of nitriles is 1. The third-order valence-corrected chi connectivity index (χ3v) is 3.02. The lowest BCUT2D eigenvalue weighted by Crippen LogP contribution is -2.47. The van der Waals surface area contributed by atoms with Gasteiger partial charge >= 0.3 is 0 Å². The highest BCUT2D eigenvalue weighted by molar-refractivity contribution is 5.92. The first-order valence-corrected chi connectivity index (χ1v) is 5.60. The number of likely N-dealkylation sites (N-methyl/N-ethyl adjacent to an activating group) is 1. The fourth-order valence-corrected chi connectivity index (χ4v) is 1.35. The Morgan fingerprint density at radius 3 is 2.61 bits per heavy atom. The number of nitrogens with zero attached hydrogens (tertiary/aromatic N) is 3. The molecule has 0 saturated carbocycles. The van der Waals surface area contributed by atoms with Crippen LogP contribution in [-0.4, -0.2) is 40.1 Å². The van der Waals surface area contributed by atoms with E-state index < -0.39 is 5.54 Å². The molecule has 0 radical (unpaired) electrons. The highest BCUT2D eigenvalue weighted by Gasteiger charge is 2.28. The first-order valence-electron chi connectivity index (χ1n) is 5.60. The molecule has 0 fully saturated rings. The molecular formula is C13H17N3O2. The van der Waals surface area contributed by atoms with Crippen LogP contribution in [-0.2, 0) is 0 Å². The Labute approximate surface area is 107 Å². The summed E-state index contributed by atoms with van der Waals surface area (Å²) in [5.41, 5.74) is 0.602. The Kier molecular flexibility index (Phi) is 4.04. The second kappa shape index (κ2) is 5.15. The number of aromatic nitrogens is 1. The van der Waals surface area contributed by atoms with Gasteiger partial charge in [0, 0.05) is 7.05 Å². The third kappa shape index (κ3) is 2.66. The lowest BCUT2D eigenvalue weighted by molar-refractivity contribution is 0.0467. The lowest BCUT2D eigenvalue weighted by Gasteiger charge is -2.33. The van der Waals surface area contributed by atoms with E-state index in [1.807, 2.05) is 6.07 Å². The minimum atomic E-state index is -0.652. The average Bonchev–Trinajstić information content (AvgIpc) is 2.36. The van der Waals surface area contributed by atoms with Gasteiger partial charge in [0.15, 0.2) is 0 Å². The molecule has 1 aromatic rings. The largest absolute Gasteiger partial charge is 0.394 e. The van der Waals surface area contributed by atoms with Crippen LogP contribution in [0.25, 0.3) is 0 Å². The van der Waals surface area contributed by atoms with Gasteiger partial charge < -0.3 is 10.0 Å². The minimum Gasteiger partial charge on any atom is -0.394 e. The summed E-state index contributed by atoms with van der Waals surface area (Å²) in [6.45, 7) is 5.08. The second-order valence-corrected chi connectivity index (χ2v) is 4.78. The van der Waals surface area contributed by atoms with Crippen molar-refractivity contribution in [1.29, 1.82) is 5.26 Å². The number of hydrogen-bond acceptors (Lipinski definition) is 4. The quantitative estimate of drug-likeness (QED) is 0.867. The van der Waals surface area contributed by atoms with Gasteiger partial charge in [-0.3, -0.25) is 4.79 Å². The van der Waals surface area contributed by atoms with Gasteiger partial charge in [-0.15, -0.1) is 0 Å². The van der Waals surface area contributed by atoms with Crippen molar-refractivity contribution in [2.24, 2.45) is 0 Å². The van der Waals surface area contributed by atoms with E-state index in [4.69, 9.17) is 5.26 Å². The Morgan fingerprint density at radius 2 is 2.17 bits per heavy atom. The summed E-state index contributed by atoms with van der Waals surface area (Å²) >= 11 is 0. The van der Waals surface area contributed by atoms with Crippen LogP contribution in [0.1, 0.15) is 35.6 Å². The summed E-state index contributed by atoms with van der Waals surface area (Å²) in [6, 6.07) is 5.11. The van der Waals surface area contributed by atoms with Crippen LogP contribution in [0.4, 0.5) is 0 Å². The van der Waals surface area contributed by atoms with Gasteiger partial charge in [-0.2, -0.15) is 5.26 Å². The molecule has 1 aromatic heterocycles. The topological polar surface area (TPSA) is 77.2 Å². The Bertz CT molecular complexity index is 503. The molecule has 0 bridgehead atoms. The number of aliphatic hydroxyl groups is 1. The van der Waals surface area contributed by atoms with Gasteiger partial charge in [0.05, 0.1) is 23.4 Å². The average molecular weight is 247 g/mol. The van der Waals surface area contributed by atoms with Gasteiger partial charge in [-0.05, 0) is 32.9 Å². The second-order valence-electron chi connectivity index (χ2n) is 4.78. The maximum absolute atomic E-state index is 12.2. The van der Waals surface area contributed by atoms with Gasteiger partial charge in [-0.25, -0.2) is 4.98 Å². The number of carbonyl (C=O) groups is 1. The Morgan fingerprint density at radius 1 is 1.56 bits per heavy atom. The molecule has 1 rings (SSSR count). The first-order chi connectivity index (χ1) is 8.33. The van der Waals surface area contributed by atoms with Crippen molar-refractivity contribution in [2.75, 3.05) is 13.7 Å². The molecule has 0 unspecified atom stereocenters. The van der Waals surface area contributed by atoms with Crippen molar-refractivity contribution in [3.8, 4) is 6.07 Å². The molecule has 0 aliphatic rings. The normalized spacial score (nSPS) is 10.9. The summed E-state index contributed by atoms with van der Waals surface area (Å²) in [5.74, 6) is -0.276. The van der Waals surface area contributed by atoms with Crippen molar-refractivity contribution < 1.29 is 9.90 Å². The number of hydrogen-bond donors (Lipinski definition) is 1. The SMILES string of the molecule is Cc1nc(C(=O)N(C)C(C)(C)CO)ccc1C#N. The van der Waals surface area contributed by atoms with Crippen LogP contribution < -0.4 is 0 Å². The van der Waals surface area contributed by atoms with E-state index in [2.05, 4.69) is 4.98 Å². The zero-order valence-corrected chi connectivity index (χ0v) is 11.1. The zero-order valence-electron chi connectivity index (χ0n) is 11.1. The van der Waals surface area contributed by atoms with E-state index in [0.717, 1.165) is 0 Å². The van der Waals surface area contributed by atoms with Gasteiger partial charge in [0.25, 0.3) is 5.91 Å². The number of amides is 1. The van der Waals surface area contributed by atoms with Crippen molar-refractivity contribution in [1.82, 2.24) is 9.88 Å². The predicted molar refractivity (Wildman–Crippen MR) is 66.9 cm³/mol. The molecule has 5 nitrogen and oxygen atoms in total. The number of aryl methyl sites for hydroxylation is 1. The van der Waals surface area contributed by atoms with Crippen molar-refractivity contribution in [3.05, 3.63) is 29.1 Å². The smallest absolute Gasteiger partial charge is 0.272 e. The molecule has 0 spiro atoms. The summed E-state index contributed by atoms with van der Waals surface area (Å²) < 4.78 is 0. The van der Waals surface area contributed by atoms with E-state index in [1.54, 1.807) is 33.9 Å². The highest BCUT2D eigenvalue weighted by Crippen LogP contribution is 2.15. The summed E-state index contributed by atoms with van der Waals surface area (Å²) in [7, 11) is 1.62. The van der Waals surface area contributed by atoms with Crippen LogP contribution in [0.15, 0.2) is 12.1 Å². The number of aliphatic hydroxyl groups excluding tert-OH is 1. The van der Waals surface area contributed by atoms with Gasteiger partial charge in [0.1, 0.15) is 11.8 Å². The van der Waals surface area contributed by atoms with Crippen molar-refractivity contribution in [2.45, 2.75) is 26.3 Å². The van der Waals surface area contributed by atoms with E-state index in [0.29, 0.717) is 11.3 Å². The molecule has 96 valence electrons. The van der Waals surface area contributed by atoms with E-state index in [9.17, 15) is 9.90 Å². The fourth-order valence-electron chi connectivity index (χ4n) is 1.35. The Hall–Kier alpha value is -1.93. The van der Waals surface area contributed by atoms with Crippen LogP contribution in [0.5, 0.6) is 0 Å². The molecular weight excluding hydrogens is 230 g/mol. The summed E-state index contributed by atoms with van der Waals surface area (Å²) in [6.07, 6.45) is 0. The minimum absolute atomic E-state index is 0.134. The number of rotatable bonds is 3. The van der Waals surface area contributed by atoms with Crippen LogP contribution in [0.3, 0.4) is 0 Å². The maximum atomic E-state index is 12.2. The zero-order chi connectivity index (χ0) is 13.9. The maximum Gasteiger partial charge on any atom is 0.272 e. The van der Waals surface area contributed by atoms with Gasteiger partial charge in [0.2, 0.25) is 0 Å². The number of pyridine rings is 1. The molecule has 5 heteroatoms. The molecule has 1 heterocycles. The number of carbonyl (C=O) groups excluding carboxylic acids is 1. The molecule has 1 N–H and O–H groups in total.